The molecule has 9 heteroatoms. The second kappa shape index (κ2) is 9.91. The molecule has 0 spiro atoms. The van der Waals surface area contributed by atoms with Crippen molar-refractivity contribution in [2.24, 2.45) is 0 Å². The number of carbonyl (C=O) groups excluding carboxylic acids is 1. The van der Waals surface area contributed by atoms with Crippen LogP contribution < -0.4 is 20.1 Å². The zero-order chi connectivity index (χ0) is 25.1. The number of benzene rings is 3. The van der Waals surface area contributed by atoms with Gasteiger partial charge in [-0.05, 0) is 65.2 Å². The molecule has 36 heavy (non-hydrogen) atoms. The van der Waals surface area contributed by atoms with Crippen LogP contribution in [0.4, 0.5) is 11.6 Å². The number of fused-ring (bicyclic) bond motifs is 1. The van der Waals surface area contributed by atoms with E-state index < -0.39 is 6.04 Å². The second-order valence-corrected chi connectivity index (χ2v) is 8.46. The number of aryl methyl sites for hydroxylation is 1. The summed E-state index contributed by atoms with van der Waals surface area (Å²) in [6.45, 7) is 4.33. The van der Waals surface area contributed by atoms with Gasteiger partial charge in [-0.2, -0.15) is 4.68 Å². The standard InChI is InChI=1S/C27H26N6O3/c1-17-9-4-5-10-20(17)16-36-21-12-8-11-19(15-21)25-24(18(2)28-27-30-31-32-33(25)27)26(34)29-22-13-6-7-14-23(22)35-3/h4-15,25H,16H2,1-3H3,(H,29,34)(H,28,30,32). The molecule has 1 aromatic heterocycles. The van der Waals surface area contributed by atoms with Crippen molar-refractivity contribution in [2.45, 2.75) is 26.5 Å². The zero-order valence-corrected chi connectivity index (χ0v) is 20.2. The monoisotopic (exact) mass is 482 g/mol. The molecule has 1 amide bonds. The number of hydrogen-bond donors (Lipinski definition) is 2. The van der Waals surface area contributed by atoms with Crippen molar-refractivity contribution in [3.05, 3.63) is 101 Å². The number of methoxy groups -OCH3 is 1. The minimum Gasteiger partial charge on any atom is -0.495 e. The van der Waals surface area contributed by atoms with E-state index in [1.54, 1.807) is 23.9 Å². The van der Waals surface area contributed by atoms with Crippen molar-refractivity contribution < 1.29 is 14.3 Å². The number of tetrazole rings is 1. The van der Waals surface area contributed by atoms with Gasteiger partial charge in [-0.3, -0.25) is 4.79 Å². The number of anilines is 2. The zero-order valence-electron chi connectivity index (χ0n) is 20.2. The predicted molar refractivity (Wildman–Crippen MR) is 136 cm³/mol. The summed E-state index contributed by atoms with van der Waals surface area (Å²) in [5, 5.41) is 18.2. The van der Waals surface area contributed by atoms with E-state index in [1.807, 2.05) is 61.5 Å². The molecule has 0 radical (unpaired) electrons. The number of nitrogens with one attached hydrogen (secondary N) is 2. The van der Waals surface area contributed by atoms with Gasteiger partial charge >= 0.3 is 0 Å². The minimum absolute atomic E-state index is 0.290. The molecule has 4 aromatic rings. The van der Waals surface area contributed by atoms with Crippen molar-refractivity contribution in [1.82, 2.24) is 20.2 Å². The van der Waals surface area contributed by atoms with Crippen LogP contribution in [-0.4, -0.2) is 33.2 Å². The van der Waals surface area contributed by atoms with E-state index in [1.165, 1.54) is 5.56 Å². The maximum absolute atomic E-state index is 13.6. The summed E-state index contributed by atoms with van der Waals surface area (Å²) in [4.78, 5) is 13.6. The molecule has 1 aliphatic rings. The van der Waals surface area contributed by atoms with Crippen LogP contribution in [0, 0.1) is 6.92 Å². The summed E-state index contributed by atoms with van der Waals surface area (Å²) in [5.74, 6) is 1.42. The molecule has 0 fully saturated rings. The fourth-order valence-electron chi connectivity index (χ4n) is 4.26. The third-order valence-corrected chi connectivity index (χ3v) is 6.14. The molecule has 9 nitrogen and oxygen atoms in total. The van der Waals surface area contributed by atoms with Gasteiger partial charge in [0.1, 0.15) is 24.1 Å². The van der Waals surface area contributed by atoms with Gasteiger partial charge in [-0.25, -0.2) is 0 Å². The summed E-state index contributed by atoms with van der Waals surface area (Å²) < 4.78 is 13.1. The quantitative estimate of drug-likeness (QED) is 0.400. The van der Waals surface area contributed by atoms with Gasteiger partial charge in [0, 0.05) is 5.70 Å². The summed E-state index contributed by atoms with van der Waals surface area (Å²) in [5.41, 5.74) is 4.80. The maximum Gasteiger partial charge on any atom is 0.255 e. The summed E-state index contributed by atoms with van der Waals surface area (Å²) in [6, 6.07) is 22.5. The summed E-state index contributed by atoms with van der Waals surface area (Å²) in [7, 11) is 1.57. The van der Waals surface area contributed by atoms with Gasteiger partial charge < -0.3 is 20.1 Å². The van der Waals surface area contributed by atoms with Crippen LogP contribution >= 0.6 is 0 Å². The highest BCUT2D eigenvalue weighted by atomic mass is 16.5. The lowest BCUT2D eigenvalue weighted by molar-refractivity contribution is -0.113. The van der Waals surface area contributed by atoms with Gasteiger partial charge in [0.25, 0.3) is 5.91 Å². The summed E-state index contributed by atoms with van der Waals surface area (Å²) in [6.07, 6.45) is 0. The SMILES string of the molecule is COc1ccccc1NC(=O)C1=C(C)Nc2nnnn2C1c1cccc(OCc2ccccc2C)c1. The summed E-state index contributed by atoms with van der Waals surface area (Å²) >= 11 is 0. The number of ether oxygens (including phenoxy) is 2. The number of amides is 1. The Morgan fingerprint density at radius 3 is 2.69 bits per heavy atom. The van der Waals surface area contributed by atoms with Crippen LogP contribution in [-0.2, 0) is 11.4 Å². The lowest BCUT2D eigenvalue weighted by atomic mass is 9.94. The molecule has 0 aliphatic carbocycles. The highest BCUT2D eigenvalue weighted by Gasteiger charge is 2.34. The fourth-order valence-corrected chi connectivity index (χ4v) is 4.26. The molecule has 1 atom stereocenters. The molecule has 2 heterocycles. The molecule has 0 saturated carbocycles. The molecular formula is C27H26N6O3. The molecule has 1 unspecified atom stereocenters. The van der Waals surface area contributed by atoms with E-state index in [0.717, 1.165) is 11.1 Å². The number of para-hydroxylation sites is 2. The van der Waals surface area contributed by atoms with Crippen molar-refractivity contribution in [2.75, 3.05) is 17.7 Å². The first-order chi connectivity index (χ1) is 17.5. The topological polar surface area (TPSA) is 103 Å². The Balaban J connectivity index is 1.48. The lowest BCUT2D eigenvalue weighted by Crippen LogP contribution is -2.31. The van der Waals surface area contributed by atoms with Crippen LogP contribution in [0.2, 0.25) is 0 Å². The number of allylic oxidation sites excluding steroid dienone is 1. The van der Waals surface area contributed by atoms with Crippen molar-refractivity contribution in [3.8, 4) is 11.5 Å². The molecule has 2 N–H and O–H groups in total. The number of hydrogen-bond acceptors (Lipinski definition) is 7. The van der Waals surface area contributed by atoms with E-state index in [9.17, 15) is 4.79 Å². The Labute approximate surface area is 208 Å². The van der Waals surface area contributed by atoms with Gasteiger partial charge in [0.15, 0.2) is 0 Å². The van der Waals surface area contributed by atoms with E-state index in [2.05, 4.69) is 39.1 Å². The third-order valence-electron chi connectivity index (χ3n) is 6.14. The van der Waals surface area contributed by atoms with Gasteiger partial charge in [0.05, 0.1) is 18.4 Å². The fraction of sp³-hybridized carbons (Fsp3) is 0.185. The van der Waals surface area contributed by atoms with Crippen LogP contribution in [0.5, 0.6) is 11.5 Å². The van der Waals surface area contributed by atoms with E-state index in [4.69, 9.17) is 9.47 Å². The molecule has 3 aromatic carbocycles. The molecule has 182 valence electrons. The van der Waals surface area contributed by atoms with Crippen molar-refractivity contribution in [1.29, 1.82) is 0 Å². The van der Waals surface area contributed by atoms with E-state index in [0.29, 0.717) is 41.0 Å². The average molecular weight is 483 g/mol. The van der Waals surface area contributed by atoms with Crippen molar-refractivity contribution in [3.63, 3.8) is 0 Å². The normalized spacial score (nSPS) is 14.6. The maximum atomic E-state index is 13.6. The van der Waals surface area contributed by atoms with Crippen LogP contribution in [0.1, 0.15) is 29.7 Å². The molecule has 1 aliphatic heterocycles. The first-order valence-corrected chi connectivity index (χ1v) is 11.5. The Morgan fingerprint density at radius 1 is 1.06 bits per heavy atom. The van der Waals surface area contributed by atoms with Crippen molar-refractivity contribution >= 4 is 17.5 Å². The number of rotatable bonds is 7. The number of aromatic nitrogens is 4. The lowest BCUT2D eigenvalue weighted by Gasteiger charge is -2.28. The number of carbonyl (C=O) groups is 1. The molecule has 0 saturated heterocycles. The Morgan fingerprint density at radius 2 is 1.86 bits per heavy atom. The molecule has 5 rings (SSSR count). The smallest absolute Gasteiger partial charge is 0.255 e. The third kappa shape index (κ3) is 4.50. The largest absolute Gasteiger partial charge is 0.495 e. The van der Waals surface area contributed by atoms with Crippen LogP contribution in [0.3, 0.4) is 0 Å². The molecule has 0 bridgehead atoms. The van der Waals surface area contributed by atoms with E-state index >= 15 is 0 Å². The van der Waals surface area contributed by atoms with Gasteiger partial charge in [0.2, 0.25) is 5.95 Å². The highest BCUT2D eigenvalue weighted by Crippen LogP contribution is 2.36. The van der Waals surface area contributed by atoms with Gasteiger partial charge in [-0.15, -0.1) is 0 Å². The van der Waals surface area contributed by atoms with E-state index in [-0.39, 0.29) is 5.91 Å². The molecular weight excluding hydrogens is 456 g/mol. The first-order valence-electron chi connectivity index (χ1n) is 11.5. The van der Waals surface area contributed by atoms with Crippen LogP contribution in [0.15, 0.2) is 84.1 Å². The van der Waals surface area contributed by atoms with Crippen LogP contribution in [0.25, 0.3) is 0 Å². The average Bonchev–Trinajstić information content (AvgIpc) is 3.36. The van der Waals surface area contributed by atoms with Gasteiger partial charge in [-0.1, -0.05) is 53.6 Å². The Bertz CT molecular complexity index is 1440. The minimum atomic E-state index is -0.562. The second-order valence-electron chi connectivity index (χ2n) is 8.46. The Kier molecular flexibility index (Phi) is 6.36. The highest BCUT2D eigenvalue weighted by molar-refractivity contribution is 6.06. The Hall–Kier alpha value is -4.66. The number of nitrogens with zero attached hydrogens (tertiary/aromatic N) is 4. The predicted octanol–water partition coefficient (Wildman–Crippen LogP) is 4.50. The first kappa shape index (κ1) is 23.1.